The van der Waals surface area contributed by atoms with Gasteiger partial charge in [-0.1, -0.05) is 12.1 Å². The molecule has 3 aromatic rings. The maximum atomic E-state index is 5.95. The van der Waals surface area contributed by atoms with Crippen molar-refractivity contribution in [3.63, 3.8) is 0 Å². The SMILES string of the molecule is COCCN1CCN(c2ccc(-c3cnn4c(N)ccnc34)cc2)CC1. The van der Waals surface area contributed by atoms with Gasteiger partial charge in [0.05, 0.1) is 12.8 Å². The molecule has 1 aliphatic rings. The van der Waals surface area contributed by atoms with Crippen molar-refractivity contribution in [1.82, 2.24) is 19.5 Å². The fraction of sp³-hybridized carbons (Fsp3) is 0.368. The quantitative estimate of drug-likeness (QED) is 0.754. The van der Waals surface area contributed by atoms with Crippen LogP contribution in [0, 0.1) is 0 Å². The number of anilines is 2. The molecule has 1 aromatic carbocycles. The Kier molecular flexibility index (Phi) is 4.73. The second kappa shape index (κ2) is 7.31. The molecule has 0 aliphatic carbocycles. The third kappa shape index (κ3) is 3.23. The number of hydrogen-bond donors (Lipinski definition) is 1. The highest BCUT2D eigenvalue weighted by Gasteiger charge is 2.17. The Hall–Kier alpha value is -2.64. The first-order valence-electron chi connectivity index (χ1n) is 8.91. The Bertz CT molecular complexity index is 867. The molecule has 136 valence electrons. The molecule has 7 heteroatoms. The first-order chi connectivity index (χ1) is 12.8. The maximum Gasteiger partial charge on any atom is 0.165 e. The lowest BCUT2D eigenvalue weighted by atomic mass is 10.1. The molecule has 3 heterocycles. The molecule has 0 amide bonds. The third-order valence-electron chi connectivity index (χ3n) is 4.96. The van der Waals surface area contributed by atoms with Crippen LogP contribution in [0.15, 0.2) is 42.7 Å². The largest absolute Gasteiger partial charge is 0.384 e. The Morgan fingerprint density at radius 2 is 1.85 bits per heavy atom. The number of ether oxygens (including phenoxy) is 1. The second-order valence-electron chi connectivity index (χ2n) is 6.53. The highest BCUT2D eigenvalue weighted by atomic mass is 16.5. The van der Waals surface area contributed by atoms with Gasteiger partial charge in [-0.3, -0.25) is 4.90 Å². The van der Waals surface area contributed by atoms with E-state index in [2.05, 4.69) is 44.1 Å². The lowest BCUT2D eigenvalue weighted by Crippen LogP contribution is -2.47. The van der Waals surface area contributed by atoms with Gasteiger partial charge in [0.25, 0.3) is 0 Å². The molecule has 0 spiro atoms. The molecule has 0 radical (unpaired) electrons. The van der Waals surface area contributed by atoms with Crippen LogP contribution >= 0.6 is 0 Å². The predicted molar refractivity (Wildman–Crippen MR) is 103 cm³/mol. The standard InChI is InChI=1S/C19H24N6O/c1-26-13-12-23-8-10-24(11-9-23)16-4-2-15(3-5-16)17-14-22-25-18(20)6-7-21-19(17)25/h2-7,14H,8-13,20H2,1H3. The summed E-state index contributed by atoms with van der Waals surface area (Å²) >= 11 is 0. The van der Waals surface area contributed by atoms with Crippen LogP contribution in [0.2, 0.25) is 0 Å². The second-order valence-corrected chi connectivity index (χ2v) is 6.53. The van der Waals surface area contributed by atoms with Crippen LogP contribution < -0.4 is 10.6 Å². The van der Waals surface area contributed by atoms with Crippen molar-refractivity contribution in [2.75, 3.05) is 57.1 Å². The van der Waals surface area contributed by atoms with Crippen LogP contribution in [0.25, 0.3) is 16.8 Å². The lowest BCUT2D eigenvalue weighted by molar-refractivity contribution is 0.144. The zero-order valence-corrected chi connectivity index (χ0v) is 15.0. The van der Waals surface area contributed by atoms with E-state index in [1.54, 1.807) is 23.9 Å². The number of methoxy groups -OCH3 is 1. The van der Waals surface area contributed by atoms with Crippen molar-refractivity contribution < 1.29 is 4.74 Å². The van der Waals surface area contributed by atoms with Gasteiger partial charge in [-0.25, -0.2) is 4.98 Å². The van der Waals surface area contributed by atoms with Gasteiger partial charge in [0.15, 0.2) is 5.65 Å². The zero-order chi connectivity index (χ0) is 17.9. The number of fused-ring (bicyclic) bond motifs is 1. The van der Waals surface area contributed by atoms with Crippen molar-refractivity contribution in [3.8, 4) is 11.1 Å². The maximum absolute atomic E-state index is 5.95. The van der Waals surface area contributed by atoms with Crippen molar-refractivity contribution in [3.05, 3.63) is 42.7 Å². The summed E-state index contributed by atoms with van der Waals surface area (Å²) in [6, 6.07) is 10.4. The zero-order valence-electron chi connectivity index (χ0n) is 15.0. The summed E-state index contributed by atoms with van der Waals surface area (Å²) in [5, 5.41) is 4.34. The number of nitrogen functional groups attached to an aromatic ring is 1. The van der Waals surface area contributed by atoms with E-state index in [-0.39, 0.29) is 0 Å². The fourth-order valence-electron chi connectivity index (χ4n) is 3.42. The molecule has 26 heavy (non-hydrogen) atoms. The topological polar surface area (TPSA) is 71.9 Å². The van der Waals surface area contributed by atoms with Gasteiger partial charge in [-0.05, 0) is 23.8 Å². The number of hydrogen-bond acceptors (Lipinski definition) is 6. The molecule has 2 aromatic heterocycles. The van der Waals surface area contributed by atoms with Crippen LogP contribution in [-0.2, 0) is 4.74 Å². The molecular formula is C19H24N6O. The average Bonchev–Trinajstić information content (AvgIpc) is 3.12. The average molecular weight is 352 g/mol. The van der Waals surface area contributed by atoms with Crippen molar-refractivity contribution in [2.45, 2.75) is 0 Å². The molecule has 1 aliphatic heterocycles. The highest BCUT2D eigenvalue weighted by Crippen LogP contribution is 2.27. The van der Waals surface area contributed by atoms with Gasteiger partial charge in [-0.2, -0.15) is 9.61 Å². The summed E-state index contributed by atoms with van der Waals surface area (Å²) in [5.41, 5.74) is 10.1. The van der Waals surface area contributed by atoms with Crippen molar-refractivity contribution in [1.29, 1.82) is 0 Å². The smallest absolute Gasteiger partial charge is 0.165 e. The van der Waals surface area contributed by atoms with E-state index < -0.39 is 0 Å². The van der Waals surface area contributed by atoms with Gasteiger partial charge in [-0.15, -0.1) is 0 Å². The molecule has 2 N–H and O–H groups in total. The van der Waals surface area contributed by atoms with Gasteiger partial charge in [0.2, 0.25) is 0 Å². The van der Waals surface area contributed by atoms with Crippen LogP contribution in [0.4, 0.5) is 11.5 Å². The minimum absolute atomic E-state index is 0.587. The lowest BCUT2D eigenvalue weighted by Gasteiger charge is -2.36. The minimum atomic E-state index is 0.587. The summed E-state index contributed by atoms with van der Waals surface area (Å²) in [7, 11) is 1.76. The predicted octanol–water partition coefficient (Wildman–Crippen LogP) is 1.75. The Morgan fingerprint density at radius 3 is 2.58 bits per heavy atom. The number of aromatic nitrogens is 3. The number of rotatable bonds is 5. The summed E-state index contributed by atoms with van der Waals surface area (Å²) in [6.45, 7) is 6.03. The summed E-state index contributed by atoms with van der Waals surface area (Å²) in [4.78, 5) is 9.30. The third-order valence-corrected chi connectivity index (χ3v) is 4.96. The fourth-order valence-corrected chi connectivity index (χ4v) is 3.42. The van der Waals surface area contributed by atoms with Crippen molar-refractivity contribution >= 4 is 17.2 Å². The van der Waals surface area contributed by atoms with E-state index in [9.17, 15) is 0 Å². The molecule has 7 nitrogen and oxygen atoms in total. The summed E-state index contributed by atoms with van der Waals surface area (Å²) in [6.07, 6.45) is 3.54. The van der Waals surface area contributed by atoms with Gasteiger partial charge in [0.1, 0.15) is 5.82 Å². The molecule has 1 fully saturated rings. The molecule has 0 saturated carbocycles. The first kappa shape index (κ1) is 16.8. The Labute approximate surface area is 153 Å². The summed E-state index contributed by atoms with van der Waals surface area (Å²) < 4.78 is 6.84. The monoisotopic (exact) mass is 352 g/mol. The van der Waals surface area contributed by atoms with Crippen LogP contribution in [0.1, 0.15) is 0 Å². The van der Waals surface area contributed by atoms with E-state index in [1.807, 2.05) is 6.20 Å². The number of nitrogens with two attached hydrogens (primary N) is 1. The first-order valence-corrected chi connectivity index (χ1v) is 8.91. The molecular weight excluding hydrogens is 328 g/mol. The summed E-state index contributed by atoms with van der Waals surface area (Å²) in [5.74, 6) is 0.587. The normalized spacial score (nSPS) is 15.7. The number of piperazine rings is 1. The van der Waals surface area contributed by atoms with E-state index in [4.69, 9.17) is 10.5 Å². The molecule has 1 saturated heterocycles. The highest BCUT2D eigenvalue weighted by molar-refractivity contribution is 5.78. The van der Waals surface area contributed by atoms with E-state index in [1.165, 1.54) is 5.69 Å². The van der Waals surface area contributed by atoms with E-state index in [0.29, 0.717) is 5.82 Å². The minimum Gasteiger partial charge on any atom is -0.384 e. The Morgan fingerprint density at radius 1 is 1.08 bits per heavy atom. The Balaban J connectivity index is 1.48. The van der Waals surface area contributed by atoms with E-state index >= 15 is 0 Å². The van der Waals surface area contributed by atoms with Gasteiger partial charge in [0, 0.05) is 57.3 Å². The van der Waals surface area contributed by atoms with Crippen LogP contribution in [0.5, 0.6) is 0 Å². The van der Waals surface area contributed by atoms with E-state index in [0.717, 1.165) is 56.1 Å². The molecule has 0 bridgehead atoms. The van der Waals surface area contributed by atoms with Crippen molar-refractivity contribution in [2.24, 2.45) is 0 Å². The van der Waals surface area contributed by atoms with Gasteiger partial charge >= 0.3 is 0 Å². The molecule has 4 rings (SSSR count). The number of nitrogens with zero attached hydrogens (tertiary/aromatic N) is 5. The van der Waals surface area contributed by atoms with Gasteiger partial charge < -0.3 is 15.4 Å². The van der Waals surface area contributed by atoms with Crippen LogP contribution in [-0.4, -0.2) is 65.9 Å². The molecule has 0 unspecified atom stereocenters. The van der Waals surface area contributed by atoms with Crippen LogP contribution in [0.3, 0.4) is 0 Å². The molecule has 0 atom stereocenters. The number of benzene rings is 1.